The van der Waals surface area contributed by atoms with E-state index in [1.807, 2.05) is 43.3 Å². The van der Waals surface area contributed by atoms with Crippen molar-refractivity contribution >= 4 is 28.2 Å². The summed E-state index contributed by atoms with van der Waals surface area (Å²) in [5, 5.41) is 21.7. The van der Waals surface area contributed by atoms with Crippen LogP contribution in [0, 0.1) is 12.7 Å². The summed E-state index contributed by atoms with van der Waals surface area (Å²) in [6.07, 6.45) is 0. The molecule has 0 bridgehead atoms. The fourth-order valence-electron chi connectivity index (χ4n) is 4.42. The minimum absolute atomic E-state index is 0.0816. The number of aromatic nitrogens is 2. The SMILES string of the molecule is Cc1ccccc1-c1nnc(N2CCN(C)CC2)c2cc(Cl)c(-c3c(O)cccc3F)cc12. The van der Waals surface area contributed by atoms with Crippen LogP contribution in [0.4, 0.5) is 10.2 Å². The summed E-state index contributed by atoms with van der Waals surface area (Å²) in [5.41, 5.74) is 3.22. The monoisotopic (exact) mass is 462 g/mol. The van der Waals surface area contributed by atoms with Crippen molar-refractivity contribution in [3.05, 3.63) is 71.0 Å². The number of aryl methyl sites for hydroxylation is 1. The minimum atomic E-state index is -0.532. The van der Waals surface area contributed by atoms with Gasteiger partial charge in [-0.3, -0.25) is 0 Å². The van der Waals surface area contributed by atoms with E-state index in [4.69, 9.17) is 11.6 Å². The Labute approximate surface area is 197 Å². The molecule has 1 saturated heterocycles. The first kappa shape index (κ1) is 21.6. The molecule has 0 aliphatic carbocycles. The Morgan fingerprint density at radius 3 is 2.39 bits per heavy atom. The Morgan fingerprint density at radius 2 is 1.67 bits per heavy atom. The van der Waals surface area contributed by atoms with Crippen LogP contribution in [0.5, 0.6) is 5.75 Å². The van der Waals surface area contributed by atoms with Gasteiger partial charge in [0.2, 0.25) is 0 Å². The fourth-order valence-corrected chi connectivity index (χ4v) is 4.68. The van der Waals surface area contributed by atoms with E-state index >= 15 is 0 Å². The number of phenols is 1. The van der Waals surface area contributed by atoms with Gasteiger partial charge in [0.25, 0.3) is 0 Å². The van der Waals surface area contributed by atoms with Crippen molar-refractivity contribution < 1.29 is 9.50 Å². The van der Waals surface area contributed by atoms with E-state index < -0.39 is 5.82 Å². The molecule has 3 aromatic carbocycles. The molecule has 0 unspecified atom stereocenters. The van der Waals surface area contributed by atoms with E-state index in [1.54, 1.807) is 0 Å². The molecule has 0 atom stereocenters. The third kappa shape index (κ3) is 3.90. The zero-order valence-corrected chi connectivity index (χ0v) is 19.3. The van der Waals surface area contributed by atoms with Crippen molar-refractivity contribution in [1.82, 2.24) is 15.1 Å². The van der Waals surface area contributed by atoms with Gasteiger partial charge in [-0.1, -0.05) is 41.9 Å². The number of aromatic hydroxyl groups is 1. The largest absolute Gasteiger partial charge is 0.507 e. The summed E-state index contributed by atoms with van der Waals surface area (Å²) in [7, 11) is 2.10. The van der Waals surface area contributed by atoms with Gasteiger partial charge in [0.1, 0.15) is 17.3 Å². The number of piperazine rings is 1. The molecule has 4 aromatic rings. The highest BCUT2D eigenvalue weighted by Crippen LogP contribution is 2.42. The lowest BCUT2D eigenvalue weighted by atomic mass is 9.96. The number of rotatable bonds is 3. The predicted molar refractivity (Wildman–Crippen MR) is 131 cm³/mol. The number of hydrogen-bond acceptors (Lipinski definition) is 5. The van der Waals surface area contributed by atoms with Crippen LogP contribution in [0.3, 0.4) is 0 Å². The Bertz CT molecular complexity index is 1330. The quantitative estimate of drug-likeness (QED) is 0.434. The van der Waals surface area contributed by atoms with E-state index in [9.17, 15) is 9.50 Å². The number of nitrogens with zero attached hydrogens (tertiary/aromatic N) is 4. The third-order valence-corrected chi connectivity index (χ3v) is 6.62. The lowest BCUT2D eigenvalue weighted by Crippen LogP contribution is -2.45. The van der Waals surface area contributed by atoms with Crippen molar-refractivity contribution in [3.63, 3.8) is 0 Å². The Balaban J connectivity index is 1.79. The molecule has 0 amide bonds. The van der Waals surface area contributed by atoms with Crippen LogP contribution in [-0.2, 0) is 0 Å². The number of hydrogen-bond donors (Lipinski definition) is 1. The molecule has 0 saturated carbocycles. The number of phenolic OH excluding ortho intramolecular Hbond substituents is 1. The number of fused-ring (bicyclic) bond motifs is 1. The molecule has 7 heteroatoms. The first-order valence-electron chi connectivity index (χ1n) is 10.9. The summed E-state index contributed by atoms with van der Waals surface area (Å²) in [4.78, 5) is 4.49. The second-order valence-electron chi connectivity index (χ2n) is 8.49. The Morgan fingerprint density at radius 1 is 0.909 bits per heavy atom. The fraction of sp³-hybridized carbons (Fsp3) is 0.231. The average Bonchev–Trinajstić information content (AvgIpc) is 2.80. The number of halogens is 2. The molecule has 1 fully saturated rings. The molecular formula is C26H24ClFN4O. The third-order valence-electron chi connectivity index (χ3n) is 6.31. The summed E-state index contributed by atoms with van der Waals surface area (Å²) >= 11 is 6.69. The van der Waals surface area contributed by atoms with Crippen LogP contribution < -0.4 is 4.90 Å². The Hall–Kier alpha value is -3.22. The van der Waals surface area contributed by atoms with Gasteiger partial charge < -0.3 is 14.9 Å². The predicted octanol–water partition coefficient (Wildman–Crippen LogP) is 5.52. The highest BCUT2D eigenvalue weighted by molar-refractivity contribution is 6.34. The van der Waals surface area contributed by atoms with Gasteiger partial charge in [-0.15, -0.1) is 10.2 Å². The first-order valence-corrected chi connectivity index (χ1v) is 11.3. The molecule has 0 radical (unpaired) electrons. The van der Waals surface area contributed by atoms with Gasteiger partial charge in [-0.25, -0.2) is 4.39 Å². The zero-order valence-electron chi connectivity index (χ0n) is 18.5. The highest BCUT2D eigenvalue weighted by Gasteiger charge is 2.23. The van der Waals surface area contributed by atoms with Crippen LogP contribution in [0.2, 0.25) is 5.02 Å². The van der Waals surface area contributed by atoms with Crippen LogP contribution in [0.1, 0.15) is 5.56 Å². The van der Waals surface area contributed by atoms with Gasteiger partial charge in [0.15, 0.2) is 5.82 Å². The molecule has 1 N–H and O–H groups in total. The molecule has 1 aromatic heterocycles. The van der Waals surface area contributed by atoms with Crippen LogP contribution in [0.25, 0.3) is 33.2 Å². The highest BCUT2D eigenvalue weighted by atomic mass is 35.5. The number of benzene rings is 3. The van der Waals surface area contributed by atoms with Gasteiger partial charge in [-0.2, -0.15) is 0 Å². The first-order chi connectivity index (χ1) is 15.9. The maximum atomic E-state index is 14.8. The summed E-state index contributed by atoms with van der Waals surface area (Å²) in [5.74, 6) is 0.0756. The smallest absolute Gasteiger partial charge is 0.159 e. The van der Waals surface area contributed by atoms with E-state index in [-0.39, 0.29) is 11.3 Å². The molecule has 1 aliphatic rings. The van der Waals surface area contributed by atoms with Gasteiger partial charge in [-0.05, 0) is 43.8 Å². The van der Waals surface area contributed by atoms with E-state index in [1.165, 1.54) is 18.2 Å². The van der Waals surface area contributed by atoms with E-state index in [0.717, 1.165) is 53.9 Å². The lowest BCUT2D eigenvalue weighted by Gasteiger charge is -2.33. The van der Waals surface area contributed by atoms with E-state index in [2.05, 4.69) is 27.0 Å². The minimum Gasteiger partial charge on any atom is -0.507 e. The van der Waals surface area contributed by atoms with E-state index in [0.29, 0.717) is 16.3 Å². The molecule has 168 valence electrons. The average molecular weight is 463 g/mol. The van der Waals surface area contributed by atoms with Crippen molar-refractivity contribution in [2.75, 3.05) is 38.1 Å². The number of anilines is 1. The molecule has 2 heterocycles. The topological polar surface area (TPSA) is 52.5 Å². The molecule has 5 nitrogen and oxygen atoms in total. The number of likely N-dealkylation sites (N-methyl/N-ethyl adjacent to an activating group) is 1. The molecule has 33 heavy (non-hydrogen) atoms. The molecule has 5 rings (SSSR count). The Kier molecular flexibility index (Phi) is 5.64. The lowest BCUT2D eigenvalue weighted by molar-refractivity contribution is 0.312. The van der Waals surface area contributed by atoms with Gasteiger partial charge in [0.05, 0.1) is 5.56 Å². The van der Waals surface area contributed by atoms with Crippen molar-refractivity contribution in [2.24, 2.45) is 0 Å². The van der Waals surface area contributed by atoms with Crippen LogP contribution >= 0.6 is 11.6 Å². The summed E-state index contributed by atoms with van der Waals surface area (Å²) in [6, 6.07) is 15.9. The zero-order chi connectivity index (χ0) is 23.1. The maximum absolute atomic E-state index is 14.8. The summed E-state index contributed by atoms with van der Waals surface area (Å²) < 4.78 is 14.8. The van der Waals surface area contributed by atoms with Crippen molar-refractivity contribution in [2.45, 2.75) is 6.92 Å². The second-order valence-corrected chi connectivity index (χ2v) is 8.90. The van der Waals surface area contributed by atoms with Crippen molar-refractivity contribution in [1.29, 1.82) is 0 Å². The van der Waals surface area contributed by atoms with Crippen LogP contribution in [-0.4, -0.2) is 53.4 Å². The van der Waals surface area contributed by atoms with Gasteiger partial charge in [0, 0.05) is 53.1 Å². The second kappa shape index (κ2) is 8.61. The molecule has 0 spiro atoms. The maximum Gasteiger partial charge on any atom is 0.159 e. The molecular weight excluding hydrogens is 439 g/mol. The van der Waals surface area contributed by atoms with Crippen LogP contribution in [0.15, 0.2) is 54.6 Å². The van der Waals surface area contributed by atoms with Crippen molar-refractivity contribution in [3.8, 4) is 28.1 Å². The standard InChI is InChI=1S/C26H24ClFN4O/c1-16-6-3-4-7-17(16)25-18-14-20(24-22(28)8-5-9-23(24)33)21(27)15-19(18)26(30-29-25)32-12-10-31(2)11-13-32/h3-9,14-15,33H,10-13H2,1-2H3. The molecule has 1 aliphatic heterocycles. The van der Waals surface area contributed by atoms with Gasteiger partial charge >= 0.3 is 0 Å². The summed E-state index contributed by atoms with van der Waals surface area (Å²) in [6.45, 7) is 5.54. The normalized spacial score (nSPS) is 14.7.